The van der Waals surface area contributed by atoms with E-state index >= 15 is 0 Å². The Kier molecular flexibility index (Phi) is 3.09. The van der Waals surface area contributed by atoms with Gasteiger partial charge in [0.1, 0.15) is 6.29 Å². The summed E-state index contributed by atoms with van der Waals surface area (Å²) in [7, 11) is 0. The van der Waals surface area contributed by atoms with Crippen LogP contribution in [-0.4, -0.2) is 6.29 Å². The van der Waals surface area contributed by atoms with Crippen LogP contribution in [0.5, 0.6) is 0 Å². The number of rotatable bonds is 4. The van der Waals surface area contributed by atoms with Gasteiger partial charge in [-0.05, 0) is 18.8 Å². The Morgan fingerprint density at radius 2 is 2.18 bits per heavy atom. The van der Waals surface area contributed by atoms with Crippen LogP contribution >= 0.6 is 0 Å². The highest BCUT2D eigenvalue weighted by atomic mass is 16.1. The third kappa shape index (κ3) is 2.71. The molecule has 0 amide bonds. The van der Waals surface area contributed by atoms with E-state index in [2.05, 4.69) is 19.1 Å². The molecule has 0 aromatic rings. The van der Waals surface area contributed by atoms with E-state index in [0.717, 1.165) is 19.1 Å². The number of aldehydes is 1. The SMILES string of the molecule is CC/C=C/C=C/[C@@H]1C[C@@H]1C=O. The van der Waals surface area contributed by atoms with Crippen LogP contribution in [-0.2, 0) is 4.79 Å². The van der Waals surface area contributed by atoms with Crippen LogP contribution < -0.4 is 0 Å². The van der Waals surface area contributed by atoms with Crippen LogP contribution in [0.15, 0.2) is 24.3 Å². The van der Waals surface area contributed by atoms with Gasteiger partial charge in [-0.15, -0.1) is 0 Å². The molecule has 0 aromatic heterocycles. The molecule has 11 heavy (non-hydrogen) atoms. The maximum atomic E-state index is 10.2. The van der Waals surface area contributed by atoms with Crippen molar-refractivity contribution < 1.29 is 4.79 Å². The standard InChI is InChI=1S/C10H14O/c1-2-3-4-5-6-9-7-10(9)8-11/h3-6,8-10H,2,7H2,1H3/b4-3+,6-5+/t9-,10-/m1/s1. The second kappa shape index (κ2) is 4.12. The molecule has 2 atom stereocenters. The number of allylic oxidation sites excluding steroid dienone is 4. The van der Waals surface area contributed by atoms with Gasteiger partial charge >= 0.3 is 0 Å². The fourth-order valence-corrected chi connectivity index (χ4v) is 1.03. The predicted molar refractivity (Wildman–Crippen MR) is 46.2 cm³/mol. The van der Waals surface area contributed by atoms with Gasteiger partial charge in [0.2, 0.25) is 0 Å². The van der Waals surface area contributed by atoms with Crippen LogP contribution in [0.2, 0.25) is 0 Å². The largest absolute Gasteiger partial charge is 0.303 e. The van der Waals surface area contributed by atoms with E-state index in [-0.39, 0.29) is 0 Å². The lowest BCUT2D eigenvalue weighted by Crippen LogP contribution is -1.76. The van der Waals surface area contributed by atoms with Gasteiger partial charge in [0, 0.05) is 5.92 Å². The van der Waals surface area contributed by atoms with Crippen molar-refractivity contribution in [1.82, 2.24) is 0 Å². The fourth-order valence-electron chi connectivity index (χ4n) is 1.03. The van der Waals surface area contributed by atoms with E-state index in [9.17, 15) is 4.79 Å². The maximum Gasteiger partial charge on any atom is 0.123 e. The number of carbonyl (C=O) groups excluding carboxylic acids is 1. The monoisotopic (exact) mass is 150 g/mol. The summed E-state index contributed by atoms with van der Waals surface area (Å²) in [6, 6.07) is 0. The van der Waals surface area contributed by atoms with Gasteiger partial charge in [0.05, 0.1) is 0 Å². The van der Waals surface area contributed by atoms with Gasteiger partial charge in [0.15, 0.2) is 0 Å². The first-order valence-electron chi connectivity index (χ1n) is 4.17. The fraction of sp³-hybridized carbons (Fsp3) is 0.500. The van der Waals surface area contributed by atoms with Crippen molar-refractivity contribution in [3.8, 4) is 0 Å². The highest BCUT2D eigenvalue weighted by Gasteiger charge is 2.33. The quantitative estimate of drug-likeness (QED) is 0.444. The van der Waals surface area contributed by atoms with Gasteiger partial charge in [-0.3, -0.25) is 0 Å². The summed E-state index contributed by atoms with van der Waals surface area (Å²) in [6.45, 7) is 2.11. The van der Waals surface area contributed by atoms with E-state index in [1.807, 2.05) is 12.2 Å². The van der Waals surface area contributed by atoms with Crippen molar-refractivity contribution in [2.45, 2.75) is 19.8 Å². The topological polar surface area (TPSA) is 17.1 Å². The summed E-state index contributed by atoms with van der Waals surface area (Å²) in [6.07, 6.45) is 11.5. The molecule has 1 aliphatic carbocycles. The lowest BCUT2D eigenvalue weighted by atomic mass is 10.3. The molecule has 0 N–H and O–H groups in total. The summed E-state index contributed by atoms with van der Waals surface area (Å²) in [5, 5.41) is 0. The molecular weight excluding hydrogens is 136 g/mol. The molecule has 1 heteroatoms. The highest BCUT2D eigenvalue weighted by molar-refractivity contribution is 5.59. The zero-order chi connectivity index (χ0) is 8.10. The lowest BCUT2D eigenvalue weighted by Gasteiger charge is -1.79. The molecular formula is C10H14O. The molecule has 0 radical (unpaired) electrons. The van der Waals surface area contributed by atoms with Crippen molar-refractivity contribution >= 4 is 6.29 Å². The third-order valence-corrected chi connectivity index (χ3v) is 1.91. The molecule has 0 heterocycles. The van der Waals surface area contributed by atoms with Crippen LogP contribution in [0.1, 0.15) is 19.8 Å². The summed E-state index contributed by atoms with van der Waals surface area (Å²) < 4.78 is 0. The molecule has 0 unspecified atom stereocenters. The predicted octanol–water partition coefficient (Wildman–Crippen LogP) is 2.34. The number of hydrogen-bond donors (Lipinski definition) is 0. The van der Waals surface area contributed by atoms with Crippen LogP contribution in [0.4, 0.5) is 0 Å². The van der Waals surface area contributed by atoms with Crippen molar-refractivity contribution in [3.05, 3.63) is 24.3 Å². The maximum absolute atomic E-state index is 10.2. The van der Waals surface area contributed by atoms with E-state index in [4.69, 9.17) is 0 Å². The summed E-state index contributed by atoms with van der Waals surface area (Å²) in [5.74, 6) is 0.857. The molecule has 1 rings (SSSR count). The molecule has 1 nitrogen and oxygen atoms in total. The van der Waals surface area contributed by atoms with Crippen molar-refractivity contribution in [2.24, 2.45) is 11.8 Å². The molecule has 1 aliphatic rings. The normalized spacial score (nSPS) is 29.9. The van der Waals surface area contributed by atoms with Gasteiger partial charge in [-0.2, -0.15) is 0 Å². The van der Waals surface area contributed by atoms with Gasteiger partial charge in [0.25, 0.3) is 0 Å². The Labute approximate surface area is 67.8 Å². The van der Waals surface area contributed by atoms with Crippen molar-refractivity contribution in [3.63, 3.8) is 0 Å². The second-order valence-corrected chi connectivity index (χ2v) is 2.92. The first-order chi connectivity index (χ1) is 5.38. The Morgan fingerprint density at radius 1 is 1.36 bits per heavy atom. The number of hydrogen-bond acceptors (Lipinski definition) is 1. The zero-order valence-electron chi connectivity index (χ0n) is 6.86. The average Bonchev–Trinajstić information content (AvgIpc) is 2.77. The second-order valence-electron chi connectivity index (χ2n) is 2.92. The lowest BCUT2D eigenvalue weighted by molar-refractivity contribution is -0.109. The molecule has 0 bridgehead atoms. The molecule has 1 fully saturated rings. The van der Waals surface area contributed by atoms with Crippen LogP contribution in [0, 0.1) is 11.8 Å². The zero-order valence-corrected chi connectivity index (χ0v) is 6.86. The summed E-state index contributed by atoms with van der Waals surface area (Å²) >= 11 is 0. The van der Waals surface area contributed by atoms with Gasteiger partial charge < -0.3 is 4.79 Å². The van der Waals surface area contributed by atoms with Gasteiger partial charge in [-0.25, -0.2) is 0 Å². The van der Waals surface area contributed by atoms with Crippen LogP contribution in [0.3, 0.4) is 0 Å². The van der Waals surface area contributed by atoms with Crippen molar-refractivity contribution in [1.29, 1.82) is 0 Å². The van der Waals surface area contributed by atoms with E-state index < -0.39 is 0 Å². The Morgan fingerprint density at radius 3 is 2.73 bits per heavy atom. The Balaban J connectivity index is 2.17. The van der Waals surface area contributed by atoms with E-state index in [0.29, 0.717) is 11.8 Å². The Hall–Kier alpha value is -0.850. The average molecular weight is 150 g/mol. The van der Waals surface area contributed by atoms with Crippen molar-refractivity contribution in [2.75, 3.05) is 0 Å². The molecule has 60 valence electrons. The molecule has 1 saturated carbocycles. The first kappa shape index (κ1) is 8.25. The highest BCUT2D eigenvalue weighted by Crippen LogP contribution is 2.37. The minimum absolute atomic E-state index is 0.321. The van der Waals surface area contributed by atoms with E-state index in [1.165, 1.54) is 0 Å². The molecule has 0 saturated heterocycles. The Bertz CT molecular complexity index is 179. The van der Waals surface area contributed by atoms with Gasteiger partial charge in [-0.1, -0.05) is 31.2 Å². The van der Waals surface area contributed by atoms with Crippen LogP contribution in [0.25, 0.3) is 0 Å². The minimum atomic E-state index is 0.321. The third-order valence-electron chi connectivity index (χ3n) is 1.91. The summed E-state index contributed by atoms with van der Waals surface area (Å²) in [4.78, 5) is 10.2. The summed E-state index contributed by atoms with van der Waals surface area (Å²) in [5.41, 5.74) is 0. The molecule has 0 aromatic carbocycles. The molecule has 0 spiro atoms. The first-order valence-corrected chi connectivity index (χ1v) is 4.17. The molecule has 0 aliphatic heterocycles. The minimum Gasteiger partial charge on any atom is -0.303 e. The van der Waals surface area contributed by atoms with E-state index in [1.54, 1.807) is 0 Å². The smallest absolute Gasteiger partial charge is 0.123 e. The number of carbonyl (C=O) groups is 1.